The van der Waals surface area contributed by atoms with Gasteiger partial charge in [0.2, 0.25) is 0 Å². The standard InChI is InChI=1S/C29H26Cl2FN3O4S/c1-37-27(36)16-11-21(32)25-22(12-16)40-28(33-25)35-10-9-29(8-7-17(35)13-29)38-14-18-24(34-39-26(18)15-5-6-15)23-19(30)3-2-4-20(23)31/h2-4,11-12,15,17H,5-10,13-14H2,1H3/t17-,29?/m0/s1. The van der Waals surface area contributed by atoms with E-state index in [1.54, 1.807) is 18.2 Å². The van der Waals surface area contributed by atoms with Gasteiger partial charge in [-0.25, -0.2) is 14.2 Å². The number of carbonyl (C=O) groups excluding carboxylic acids is 1. The molecule has 0 spiro atoms. The SMILES string of the molecule is COC(=O)c1cc(F)c2nc(N3CCC4(OCc5c(-c6c(Cl)cccc6Cl)noc5C5CC5)CC[C@H]3C4)sc2c1. The van der Waals surface area contributed by atoms with Gasteiger partial charge in [-0.3, -0.25) is 0 Å². The number of aromatic nitrogens is 2. The maximum Gasteiger partial charge on any atom is 0.338 e. The predicted octanol–water partition coefficient (Wildman–Crippen LogP) is 7.78. The molecule has 208 valence electrons. The van der Waals surface area contributed by atoms with Crippen LogP contribution in [0, 0.1) is 5.82 Å². The van der Waals surface area contributed by atoms with Gasteiger partial charge in [0.05, 0.1) is 39.6 Å². The topological polar surface area (TPSA) is 77.7 Å². The van der Waals surface area contributed by atoms with E-state index in [0.717, 1.165) is 61.5 Å². The minimum Gasteiger partial charge on any atom is -0.465 e. The number of rotatable bonds is 7. The Bertz CT molecular complexity index is 1620. The van der Waals surface area contributed by atoms with Crippen LogP contribution in [-0.2, 0) is 16.1 Å². The molecule has 0 N–H and O–H groups in total. The highest BCUT2D eigenvalue weighted by Crippen LogP contribution is 2.49. The van der Waals surface area contributed by atoms with E-state index in [4.69, 9.17) is 37.2 Å². The van der Waals surface area contributed by atoms with E-state index in [9.17, 15) is 9.18 Å². The molecule has 2 atom stereocenters. The minimum atomic E-state index is -0.566. The summed E-state index contributed by atoms with van der Waals surface area (Å²) in [6.45, 7) is 1.12. The largest absolute Gasteiger partial charge is 0.465 e. The van der Waals surface area contributed by atoms with Crippen LogP contribution < -0.4 is 4.90 Å². The van der Waals surface area contributed by atoms with Crippen LogP contribution >= 0.6 is 34.5 Å². The number of hydrogen-bond donors (Lipinski definition) is 0. The quantitative estimate of drug-likeness (QED) is 0.200. The van der Waals surface area contributed by atoms with Crippen LogP contribution in [0.1, 0.15) is 66.1 Å². The molecular weight excluding hydrogens is 576 g/mol. The lowest BCUT2D eigenvalue weighted by molar-refractivity contribution is -0.0624. The van der Waals surface area contributed by atoms with Crippen molar-refractivity contribution in [2.75, 3.05) is 18.6 Å². The second-order valence-corrected chi connectivity index (χ2v) is 12.7. The number of nitrogens with zero attached hydrogens (tertiary/aromatic N) is 3. The molecule has 1 saturated heterocycles. The number of methoxy groups -OCH3 is 1. The van der Waals surface area contributed by atoms with Crippen molar-refractivity contribution >= 4 is 55.9 Å². The number of thiazole rings is 1. The maximum absolute atomic E-state index is 14.8. The fraction of sp³-hybridized carbons (Fsp3) is 0.414. The summed E-state index contributed by atoms with van der Waals surface area (Å²) >= 11 is 14.5. The Morgan fingerprint density at radius 2 is 2.02 bits per heavy atom. The van der Waals surface area contributed by atoms with E-state index in [2.05, 4.69) is 15.0 Å². The Kier molecular flexibility index (Phi) is 6.53. The first-order valence-electron chi connectivity index (χ1n) is 13.4. The summed E-state index contributed by atoms with van der Waals surface area (Å²) in [6.07, 6.45) is 5.70. The second kappa shape index (κ2) is 9.98. The van der Waals surface area contributed by atoms with Gasteiger partial charge in [-0.1, -0.05) is 45.8 Å². The third-order valence-electron chi connectivity index (χ3n) is 8.38. The fourth-order valence-corrected chi connectivity index (χ4v) is 7.82. The second-order valence-electron chi connectivity index (χ2n) is 10.8. The van der Waals surface area contributed by atoms with Crippen LogP contribution in [0.3, 0.4) is 0 Å². The van der Waals surface area contributed by atoms with E-state index in [1.165, 1.54) is 24.5 Å². The number of hydrogen-bond acceptors (Lipinski definition) is 8. The van der Waals surface area contributed by atoms with E-state index >= 15 is 0 Å². The van der Waals surface area contributed by atoms with Gasteiger partial charge in [-0.15, -0.1) is 0 Å². The van der Waals surface area contributed by atoms with Crippen molar-refractivity contribution in [1.82, 2.24) is 10.1 Å². The van der Waals surface area contributed by atoms with Crippen molar-refractivity contribution in [3.05, 3.63) is 63.1 Å². The van der Waals surface area contributed by atoms with E-state index in [-0.39, 0.29) is 22.7 Å². The van der Waals surface area contributed by atoms with E-state index in [1.807, 2.05) is 6.07 Å². The molecule has 0 radical (unpaired) electrons. The first-order chi connectivity index (χ1) is 19.4. The Hall–Kier alpha value is -2.72. The molecule has 7 nitrogen and oxygen atoms in total. The zero-order chi connectivity index (χ0) is 27.6. The predicted molar refractivity (Wildman–Crippen MR) is 152 cm³/mol. The highest BCUT2D eigenvalue weighted by Gasteiger charge is 2.47. The first-order valence-corrected chi connectivity index (χ1v) is 14.9. The minimum absolute atomic E-state index is 0.186. The summed E-state index contributed by atoms with van der Waals surface area (Å²) in [6, 6.07) is 8.50. The normalized spacial score (nSPS) is 22.3. The number of carbonyl (C=O) groups is 1. The molecule has 2 saturated carbocycles. The lowest BCUT2D eigenvalue weighted by atomic mass is 9.93. The summed E-state index contributed by atoms with van der Waals surface area (Å²) in [5, 5.41) is 6.22. The molecule has 3 fully saturated rings. The summed E-state index contributed by atoms with van der Waals surface area (Å²) in [5.74, 6) is 0.147. The first kappa shape index (κ1) is 26.2. The summed E-state index contributed by atoms with van der Waals surface area (Å²) < 4.78 is 32.7. The zero-order valence-electron chi connectivity index (χ0n) is 21.7. The molecule has 2 aromatic heterocycles. The highest BCUT2D eigenvalue weighted by atomic mass is 35.5. The van der Waals surface area contributed by atoms with Crippen molar-refractivity contribution < 1.29 is 23.2 Å². The van der Waals surface area contributed by atoms with Crippen molar-refractivity contribution in [3.8, 4) is 11.3 Å². The van der Waals surface area contributed by atoms with Crippen molar-refractivity contribution in [1.29, 1.82) is 0 Å². The molecule has 2 aliphatic carbocycles. The Balaban J connectivity index is 1.11. The van der Waals surface area contributed by atoms with Crippen LogP contribution in [-0.4, -0.2) is 41.4 Å². The molecule has 1 unspecified atom stereocenters. The number of piperidine rings is 1. The molecule has 2 bridgehead atoms. The molecule has 2 aromatic carbocycles. The van der Waals surface area contributed by atoms with Crippen LogP contribution in [0.25, 0.3) is 21.5 Å². The molecule has 1 aliphatic heterocycles. The number of ether oxygens (including phenoxy) is 2. The van der Waals surface area contributed by atoms with Gasteiger partial charge in [-0.05, 0) is 62.8 Å². The van der Waals surface area contributed by atoms with E-state index in [0.29, 0.717) is 38.5 Å². The summed E-state index contributed by atoms with van der Waals surface area (Å²) in [7, 11) is 1.28. The van der Waals surface area contributed by atoms with Crippen LogP contribution in [0.4, 0.5) is 9.52 Å². The molecule has 0 amide bonds. The number of anilines is 1. The van der Waals surface area contributed by atoms with Crippen LogP contribution in [0.15, 0.2) is 34.9 Å². The van der Waals surface area contributed by atoms with Gasteiger partial charge in [0.15, 0.2) is 10.9 Å². The summed E-state index contributed by atoms with van der Waals surface area (Å²) in [4.78, 5) is 18.8. The average molecular weight is 603 g/mol. The molecular formula is C29H26Cl2FN3O4S. The molecule has 3 heterocycles. The smallest absolute Gasteiger partial charge is 0.338 e. The third-order valence-corrected chi connectivity index (χ3v) is 10.1. The monoisotopic (exact) mass is 601 g/mol. The molecule has 40 heavy (non-hydrogen) atoms. The van der Waals surface area contributed by atoms with Gasteiger partial charge in [-0.2, -0.15) is 0 Å². The zero-order valence-corrected chi connectivity index (χ0v) is 24.0. The molecule has 7 rings (SSSR count). The fourth-order valence-electron chi connectivity index (χ4n) is 6.13. The van der Waals surface area contributed by atoms with Gasteiger partial charge in [0.25, 0.3) is 0 Å². The average Bonchev–Trinajstić information content (AvgIpc) is 3.42. The van der Waals surface area contributed by atoms with Crippen LogP contribution in [0.2, 0.25) is 10.0 Å². The van der Waals surface area contributed by atoms with Gasteiger partial charge >= 0.3 is 5.97 Å². The van der Waals surface area contributed by atoms with Gasteiger partial charge < -0.3 is 18.9 Å². The maximum atomic E-state index is 14.8. The Morgan fingerprint density at radius 3 is 2.77 bits per heavy atom. The van der Waals surface area contributed by atoms with E-state index < -0.39 is 11.8 Å². The summed E-state index contributed by atoms with van der Waals surface area (Å²) in [5.41, 5.74) is 2.47. The highest BCUT2D eigenvalue weighted by molar-refractivity contribution is 7.22. The third kappa shape index (κ3) is 4.47. The van der Waals surface area contributed by atoms with Gasteiger partial charge in [0.1, 0.15) is 17.0 Å². The molecule has 11 heteroatoms. The van der Waals surface area contributed by atoms with Gasteiger partial charge in [0, 0.05) is 29.6 Å². The number of halogens is 3. The number of esters is 1. The van der Waals surface area contributed by atoms with Crippen LogP contribution in [0.5, 0.6) is 0 Å². The van der Waals surface area contributed by atoms with Crippen molar-refractivity contribution in [2.45, 2.75) is 62.7 Å². The lowest BCUT2D eigenvalue weighted by Crippen LogP contribution is -2.45. The van der Waals surface area contributed by atoms with Crippen molar-refractivity contribution in [3.63, 3.8) is 0 Å². The Morgan fingerprint density at radius 1 is 1.23 bits per heavy atom. The lowest BCUT2D eigenvalue weighted by Gasteiger charge is -2.39. The molecule has 3 aliphatic rings. The number of fused-ring (bicyclic) bond motifs is 3. The Labute approximate surface area is 244 Å². The van der Waals surface area contributed by atoms with Crippen molar-refractivity contribution in [2.24, 2.45) is 0 Å². The number of benzene rings is 2. The molecule has 4 aromatic rings.